The maximum Gasteiger partial charge on any atom is 0.308 e. The highest BCUT2D eigenvalue weighted by molar-refractivity contribution is 6.34. The predicted molar refractivity (Wildman–Crippen MR) is 69.0 cm³/mol. The molecule has 1 atom stereocenters. The topological polar surface area (TPSA) is 57.6 Å². The van der Waals surface area contributed by atoms with E-state index in [2.05, 4.69) is 0 Å². The summed E-state index contributed by atoms with van der Waals surface area (Å²) in [6.07, 6.45) is 0.0407. The van der Waals surface area contributed by atoms with Crippen molar-refractivity contribution < 1.29 is 14.7 Å². The van der Waals surface area contributed by atoms with Crippen molar-refractivity contribution in [3.05, 3.63) is 28.3 Å². The van der Waals surface area contributed by atoms with Gasteiger partial charge in [0.15, 0.2) is 0 Å². The summed E-state index contributed by atoms with van der Waals surface area (Å²) in [5, 5.41) is 9.46. The van der Waals surface area contributed by atoms with Crippen molar-refractivity contribution >= 4 is 29.2 Å². The van der Waals surface area contributed by atoms with Crippen LogP contribution in [0.2, 0.25) is 5.02 Å². The minimum Gasteiger partial charge on any atom is -0.481 e. The van der Waals surface area contributed by atoms with Crippen LogP contribution in [0.5, 0.6) is 0 Å². The van der Waals surface area contributed by atoms with Gasteiger partial charge in [0, 0.05) is 13.0 Å². The third-order valence-electron chi connectivity index (χ3n) is 3.14. The monoisotopic (exact) mass is 267 g/mol. The van der Waals surface area contributed by atoms with Gasteiger partial charge in [-0.1, -0.05) is 17.7 Å². The van der Waals surface area contributed by atoms with E-state index in [9.17, 15) is 9.59 Å². The molecule has 0 spiro atoms. The molecule has 1 fully saturated rings. The van der Waals surface area contributed by atoms with Gasteiger partial charge in [0.05, 0.1) is 16.6 Å². The largest absolute Gasteiger partial charge is 0.481 e. The lowest BCUT2D eigenvalue weighted by Gasteiger charge is -2.20. The third-order valence-corrected chi connectivity index (χ3v) is 3.43. The van der Waals surface area contributed by atoms with Crippen LogP contribution in [0.15, 0.2) is 12.1 Å². The molecule has 1 aliphatic heterocycles. The number of halogens is 1. The number of amides is 1. The molecule has 4 nitrogen and oxygen atoms in total. The van der Waals surface area contributed by atoms with Crippen LogP contribution in [0.4, 0.5) is 5.69 Å². The number of hydrogen-bond acceptors (Lipinski definition) is 2. The molecular formula is C13H14ClNO3. The van der Waals surface area contributed by atoms with E-state index in [1.54, 1.807) is 6.07 Å². The van der Waals surface area contributed by atoms with Crippen molar-refractivity contribution in [1.29, 1.82) is 0 Å². The Kier molecular flexibility index (Phi) is 3.30. The highest BCUT2D eigenvalue weighted by atomic mass is 35.5. The van der Waals surface area contributed by atoms with E-state index in [4.69, 9.17) is 16.7 Å². The Bertz CT molecular complexity index is 504. The van der Waals surface area contributed by atoms with Crippen molar-refractivity contribution in [2.75, 3.05) is 11.4 Å². The second-order valence-electron chi connectivity index (χ2n) is 4.66. The van der Waals surface area contributed by atoms with Gasteiger partial charge < -0.3 is 10.0 Å². The molecule has 1 heterocycles. The molecule has 96 valence electrons. The maximum absolute atomic E-state index is 11.9. The summed E-state index contributed by atoms with van der Waals surface area (Å²) in [5.41, 5.74) is 2.54. The van der Waals surface area contributed by atoms with Gasteiger partial charge >= 0.3 is 5.97 Å². The zero-order chi connectivity index (χ0) is 13.4. The minimum absolute atomic E-state index is 0.0407. The Balaban J connectivity index is 2.39. The number of carboxylic acids is 1. The zero-order valence-electron chi connectivity index (χ0n) is 10.2. The Morgan fingerprint density at radius 1 is 1.44 bits per heavy atom. The van der Waals surface area contributed by atoms with Crippen molar-refractivity contribution in [1.82, 2.24) is 0 Å². The minimum atomic E-state index is -0.938. The molecule has 0 aliphatic carbocycles. The molecule has 1 aromatic rings. The van der Waals surface area contributed by atoms with Crippen LogP contribution in [0, 0.1) is 19.8 Å². The fraction of sp³-hybridized carbons (Fsp3) is 0.385. The first-order valence-electron chi connectivity index (χ1n) is 5.70. The summed E-state index contributed by atoms with van der Waals surface area (Å²) in [6, 6.07) is 3.72. The molecule has 1 N–H and O–H groups in total. The van der Waals surface area contributed by atoms with E-state index in [-0.39, 0.29) is 18.9 Å². The summed E-state index contributed by atoms with van der Waals surface area (Å²) in [6.45, 7) is 3.99. The zero-order valence-corrected chi connectivity index (χ0v) is 11.0. The molecule has 0 saturated carbocycles. The highest BCUT2D eigenvalue weighted by Crippen LogP contribution is 2.35. The average molecular weight is 268 g/mol. The van der Waals surface area contributed by atoms with Gasteiger partial charge in [0.2, 0.25) is 5.91 Å². The van der Waals surface area contributed by atoms with Gasteiger partial charge in [-0.25, -0.2) is 0 Å². The van der Waals surface area contributed by atoms with E-state index >= 15 is 0 Å². The molecular weight excluding hydrogens is 254 g/mol. The second kappa shape index (κ2) is 4.61. The number of carboxylic acid groups (broad SMARTS) is 1. The van der Waals surface area contributed by atoms with Crippen LogP contribution >= 0.6 is 11.6 Å². The Morgan fingerprint density at radius 3 is 2.61 bits per heavy atom. The predicted octanol–water partition coefficient (Wildman–Crippen LogP) is 2.39. The van der Waals surface area contributed by atoms with Crippen LogP contribution in [0.1, 0.15) is 17.5 Å². The van der Waals surface area contributed by atoms with E-state index in [0.717, 1.165) is 11.1 Å². The number of carbonyl (C=O) groups is 2. The average Bonchev–Trinajstić information content (AvgIpc) is 2.59. The first-order chi connectivity index (χ1) is 8.40. The number of anilines is 1. The first kappa shape index (κ1) is 12.9. The lowest BCUT2D eigenvalue weighted by atomic mass is 10.1. The van der Waals surface area contributed by atoms with Crippen molar-refractivity contribution in [2.24, 2.45) is 5.92 Å². The number of benzene rings is 1. The van der Waals surface area contributed by atoms with E-state index in [1.807, 2.05) is 19.9 Å². The van der Waals surface area contributed by atoms with Crippen LogP contribution in [-0.4, -0.2) is 23.5 Å². The number of rotatable bonds is 2. The molecule has 1 saturated heterocycles. The molecule has 2 rings (SSSR count). The molecule has 1 unspecified atom stereocenters. The molecule has 0 aromatic heterocycles. The van der Waals surface area contributed by atoms with Gasteiger partial charge in [-0.15, -0.1) is 0 Å². The highest BCUT2D eigenvalue weighted by Gasteiger charge is 2.36. The lowest BCUT2D eigenvalue weighted by molar-refractivity contribution is -0.141. The van der Waals surface area contributed by atoms with Crippen molar-refractivity contribution in [3.8, 4) is 0 Å². The fourth-order valence-corrected chi connectivity index (χ4v) is 2.76. The smallest absolute Gasteiger partial charge is 0.308 e. The van der Waals surface area contributed by atoms with Crippen LogP contribution in [0.25, 0.3) is 0 Å². The molecule has 0 bridgehead atoms. The summed E-state index contributed by atoms with van der Waals surface area (Å²) >= 11 is 6.17. The van der Waals surface area contributed by atoms with Gasteiger partial charge in [0.25, 0.3) is 0 Å². The van der Waals surface area contributed by atoms with Gasteiger partial charge in [-0.3, -0.25) is 9.59 Å². The van der Waals surface area contributed by atoms with E-state index in [0.29, 0.717) is 10.7 Å². The molecule has 1 aromatic carbocycles. The number of nitrogens with zero attached hydrogens (tertiary/aromatic N) is 1. The van der Waals surface area contributed by atoms with Crippen LogP contribution in [-0.2, 0) is 9.59 Å². The quantitative estimate of drug-likeness (QED) is 0.895. The Morgan fingerprint density at radius 2 is 2.11 bits per heavy atom. The molecule has 5 heteroatoms. The van der Waals surface area contributed by atoms with Crippen LogP contribution < -0.4 is 4.90 Å². The number of aryl methyl sites for hydroxylation is 2. The standard InChI is InChI=1S/C13H14ClNO3/c1-7-3-8(2)12(10(14)4-7)15-6-9(13(17)18)5-11(15)16/h3-4,9H,5-6H2,1-2H3,(H,17,18). The summed E-state index contributed by atoms with van der Waals surface area (Å²) in [7, 11) is 0. The van der Waals surface area contributed by atoms with Crippen LogP contribution in [0.3, 0.4) is 0 Å². The summed E-state index contributed by atoms with van der Waals surface area (Å²) < 4.78 is 0. The summed E-state index contributed by atoms with van der Waals surface area (Å²) in [5.74, 6) is -1.77. The van der Waals surface area contributed by atoms with Gasteiger partial charge in [0.1, 0.15) is 0 Å². The fourth-order valence-electron chi connectivity index (χ4n) is 2.34. The number of carbonyl (C=O) groups excluding carboxylic acids is 1. The Hall–Kier alpha value is -1.55. The van der Waals surface area contributed by atoms with Crippen molar-refractivity contribution in [2.45, 2.75) is 20.3 Å². The number of hydrogen-bond donors (Lipinski definition) is 1. The van der Waals surface area contributed by atoms with Gasteiger partial charge in [-0.2, -0.15) is 0 Å². The maximum atomic E-state index is 11.9. The second-order valence-corrected chi connectivity index (χ2v) is 5.06. The van der Waals surface area contributed by atoms with Gasteiger partial charge in [-0.05, 0) is 31.0 Å². The molecule has 1 amide bonds. The molecule has 18 heavy (non-hydrogen) atoms. The SMILES string of the molecule is Cc1cc(C)c(N2CC(C(=O)O)CC2=O)c(Cl)c1. The third kappa shape index (κ3) is 2.20. The Labute approximate surface area is 110 Å². The molecule has 0 radical (unpaired) electrons. The van der Waals surface area contributed by atoms with Crippen molar-refractivity contribution in [3.63, 3.8) is 0 Å². The number of aliphatic carboxylic acids is 1. The summed E-state index contributed by atoms with van der Waals surface area (Å²) in [4.78, 5) is 24.3. The van der Waals surface area contributed by atoms with E-state index in [1.165, 1.54) is 4.90 Å². The lowest BCUT2D eigenvalue weighted by Crippen LogP contribution is -2.26. The van der Waals surface area contributed by atoms with E-state index < -0.39 is 11.9 Å². The first-order valence-corrected chi connectivity index (χ1v) is 6.08. The molecule has 1 aliphatic rings. The normalized spacial score (nSPS) is 19.4.